The second-order valence-corrected chi connectivity index (χ2v) is 9.96. The summed E-state index contributed by atoms with van der Waals surface area (Å²) >= 11 is 2.84. The summed E-state index contributed by atoms with van der Waals surface area (Å²) in [6, 6.07) is 19.9. The highest BCUT2D eigenvalue weighted by Crippen LogP contribution is 2.28. The van der Waals surface area contributed by atoms with Crippen LogP contribution in [0.2, 0.25) is 0 Å². The minimum atomic E-state index is -0.104. The Hall–Kier alpha value is -3.01. The van der Waals surface area contributed by atoms with Crippen molar-refractivity contribution < 1.29 is 4.79 Å². The van der Waals surface area contributed by atoms with Crippen LogP contribution >= 0.6 is 23.1 Å². The van der Waals surface area contributed by atoms with Crippen molar-refractivity contribution in [1.29, 1.82) is 0 Å². The van der Waals surface area contributed by atoms with Gasteiger partial charge in [0.1, 0.15) is 0 Å². The fourth-order valence-electron chi connectivity index (χ4n) is 4.02. The molecule has 1 N–H and O–H groups in total. The number of hydrogen-bond acceptors (Lipinski definition) is 7. The lowest BCUT2D eigenvalue weighted by molar-refractivity contribution is -0.113. The minimum absolute atomic E-state index is 0.104. The van der Waals surface area contributed by atoms with Crippen LogP contribution in [0.15, 0.2) is 71.2 Å². The van der Waals surface area contributed by atoms with E-state index in [1.165, 1.54) is 42.4 Å². The van der Waals surface area contributed by atoms with Crippen molar-refractivity contribution >= 4 is 34.1 Å². The van der Waals surface area contributed by atoms with Gasteiger partial charge in [0.2, 0.25) is 5.91 Å². The Balaban J connectivity index is 1.25. The summed E-state index contributed by atoms with van der Waals surface area (Å²) in [5.41, 5.74) is 2.95. The number of thiazole rings is 1. The van der Waals surface area contributed by atoms with Crippen LogP contribution in [0.25, 0.3) is 17.1 Å². The maximum absolute atomic E-state index is 12.7. The number of hydrogen-bond donors (Lipinski definition) is 1. The Bertz CT molecular complexity index is 1220. The highest BCUT2D eigenvalue weighted by atomic mass is 32.2. The number of carbonyl (C=O) groups excluding carboxylic acids is 1. The van der Waals surface area contributed by atoms with Gasteiger partial charge in [0.05, 0.1) is 11.4 Å². The van der Waals surface area contributed by atoms with E-state index in [9.17, 15) is 4.79 Å². The molecule has 1 amide bonds. The van der Waals surface area contributed by atoms with E-state index >= 15 is 0 Å². The number of likely N-dealkylation sites (tertiary alicyclic amines) is 1. The molecule has 3 heterocycles. The van der Waals surface area contributed by atoms with E-state index in [2.05, 4.69) is 25.4 Å². The molecule has 0 bridgehead atoms. The van der Waals surface area contributed by atoms with Gasteiger partial charge in [-0.15, -0.1) is 21.5 Å². The molecule has 4 aromatic rings. The van der Waals surface area contributed by atoms with Crippen molar-refractivity contribution in [1.82, 2.24) is 24.6 Å². The maximum atomic E-state index is 12.7. The number of nitrogens with zero attached hydrogens (tertiary/aromatic N) is 5. The van der Waals surface area contributed by atoms with Crippen LogP contribution in [0.3, 0.4) is 0 Å². The summed E-state index contributed by atoms with van der Waals surface area (Å²) < 4.78 is 1.99. The van der Waals surface area contributed by atoms with E-state index in [0.29, 0.717) is 10.3 Å². The first-order valence-electron chi connectivity index (χ1n) is 11.4. The van der Waals surface area contributed by atoms with Gasteiger partial charge in [-0.2, -0.15) is 0 Å². The molecule has 0 radical (unpaired) electrons. The first-order valence-corrected chi connectivity index (χ1v) is 13.3. The number of nitrogens with one attached hydrogen (secondary N) is 1. The lowest BCUT2D eigenvalue weighted by Crippen LogP contribution is -2.29. The van der Waals surface area contributed by atoms with Crippen LogP contribution in [0.1, 0.15) is 25.0 Å². The Kier molecular flexibility index (Phi) is 7.33. The zero-order valence-electron chi connectivity index (χ0n) is 18.8. The average molecular weight is 491 g/mol. The highest BCUT2D eigenvalue weighted by molar-refractivity contribution is 7.99. The molecular weight excluding hydrogens is 464 g/mol. The monoisotopic (exact) mass is 490 g/mol. The molecule has 1 fully saturated rings. The van der Waals surface area contributed by atoms with Crippen LogP contribution in [0.4, 0.5) is 5.13 Å². The fraction of sp³-hybridized carbons (Fsp3) is 0.280. The normalized spacial score (nSPS) is 14.2. The molecule has 2 aromatic carbocycles. The van der Waals surface area contributed by atoms with Gasteiger partial charge < -0.3 is 5.32 Å². The SMILES string of the molecule is O=C(CSc1nnc(-c2ccccc2)n1-c1ccccc1)Nc1nc(CN2CCCCC2)cs1. The van der Waals surface area contributed by atoms with Crippen LogP contribution in [-0.2, 0) is 11.3 Å². The van der Waals surface area contributed by atoms with Crippen LogP contribution < -0.4 is 5.32 Å². The van der Waals surface area contributed by atoms with Crippen LogP contribution in [0.5, 0.6) is 0 Å². The number of rotatable bonds is 8. The molecule has 0 saturated carbocycles. The standard InChI is InChI=1S/C25H26N6OS2/c32-22(27-24-26-20(17-33-24)16-30-14-8-3-9-15-30)18-34-25-29-28-23(19-10-4-1-5-11-19)31(25)21-12-6-2-7-13-21/h1-2,4-7,10-13,17H,3,8-9,14-16,18H2,(H,26,27,32). The lowest BCUT2D eigenvalue weighted by atomic mass is 10.1. The fourth-order valence-corrected chi connectivity index (χ4v) is 5.49. The number of carbonyl (C=O) groups is 1. The summed E-state index contributed by atoms with van der Waals surface area (Å²) in [4.78, 5) is 19.7. The Labute approximate surface area is 207 Å². The van der Waals surface area contributed by atoms with Crippen LogP contribution in [-0.4, -0.2) is 49.4 Å². The van der Waals surface area contributed by atoms with Crippen molar-refractivity contribution in [3.63, 3.8) is 0 Å². The van der Waals surface area contributed by atoms with Gasteiger partial charge in [0.25, 0.3) is 0 Å². The van der Waals surface area contributed by atoms with E-state index in [4.69, 9.17) is 0 Å². The topological polar surface area (TPSA) is 75.9 Å². The van der Waals surface area contributed by atoms with Crippen molar-refractivity contribution in [2.45, 2.75) is 31.0 Å². The quantitative estimate of drug-likeness (QED) is 0.346. The molecule has 0 unspecified atom stereocenters. The van der Waals surface area contributed by atoms with Crippen LogP contribution in [0, 0.1) is 0 Å². The molecule has 1 aliphatic rings. The second kappa shape index (κ2) is 10.9. The number of piperidine rings is 1. The molecule has 9 heteroatoms. The summed E-state index contributed by atoms with van der Waals surface area (Å²) in [6.07, 6.45) is 3.83. The van der Waals surface area contributed by atoms with E-state index < -0.39 is 0 Å². The molecule has 1 aliphatic heterocycles. The predicted octanol–water partition coefficient (Wildman–Crippen LogP) is 5.11. The van der Waals surface area contributed by atoms with Crippen molar-refractivity contribution in [3.05, 3.63) is 71.7 Å². The van der Waals surface area contributed by atoms with E-state index in [1.54, 1.807) is 0 Å². The minimum Gasteiger partial charge on any atom is -0.301 e. The predicted molar refractivity (Wildman–Crippen MR) is 137 cm³/mol. The van der Waals surface area contributed by atoms with Gasteiger partial charge in [-0.05, 0) is 38.1 Å². The number of anilines is 1. The molecule has 174 valence electrons. The zero-order chi connectivity index (χ0) is 23.2. The van der Waals surface area contributed by atoms with Crippen molar-refractivity contribution in [3.8, 4) is 17.1 Å². The third-order valence-corrected chi connectivity index (χ3v) is 7.38. The molecule has 34 heavy (non-hydrogen) atoms. The van der Waals surface area contributed by atoms with Gasteiger partial charge in [-0.3, -0.25) is 14.3 Å². The number of thioether (sulfide) groups is 1. The third-order valence-electron chi connectivity index (χ3n) is 5.64. The summed E-state index contributed by atoms with van der Waals surface area (Å²) in [5.74, 6) is 0.866. The Morgan fingerprint density at radius 2 is 1.71 bits per heavy atom. The van der Waals surface area contributed by atoms with Gasteiger partial charge in [-0.25, -0.2) is 4.98 Å². The van der Waals surface area contributed by atoms with Gasteiger partial charge in [0.15, 0.2) is 16.1 Å². The first kappa shape index (κ1) is 22.8. The van der Waals surface area contributed by atoms with E-state index in [1.807, 2.05) is 70.6 Å². The molecule has 1 saturated heterocycles. The summed E-state index contributed by atoms with van der Waals surface area (Å²) in [5, 5.41) is 15.1. The molecule has 2 aromatic heterocycles. The average Bonchev–Trinajstić information content (AvgIpc) is 3.51. The van der Waals surface area contributed by atoms with Crippen molar-refractivity contribution in [2.75, 3.05) is 24.2 Å². The van der Waals surface area contributed by atoms with E-state index in [-0.39, 0.29) is 11.7 Å². The molecular formula is C25H26N6OS2. The van der Waals surface area contributed by atoms with Gasteiger partial charge >= 0.3 is 0 Å². The maximum Gasteiger partial charge on any atom is 0.236 e. The zero-order valence-corrected chi connectivity index (χ0v) is 20.4. The first-order chi connectivity index (χ1) is 16.8. The number of aromatic nitrogens is 4. The second-order valence-electron chi connectivity index (χ2n) is 8.16. The summed E-state index contributed by atoms with van der Waals surface area (Å²) in [6.45, 7) is 3.11. The Morgan fingerprint density at radius 1 is 0.971 bits per heavy atom. The molecule has 0 atom stereocenters. The number of para-hydroxylation sites is 1. The van der Waals surface area contributed by atoms with E-state index in [0.717, 1.165) is 42.4 Å². The molecule has 7 nitrogen and oxygen atoms in total. The molecule has 0 aliphatic carbocycles. The Morgan fingerprint density at radius 3 is 2.47 bits per heavy atom. The molecule has 5 rings (SSSR count). The van der Waals surface area contributed by atoms with Crippen molar-refractivity contribution in [2.24, 2.45) is 0 Å². The lowest BCUT2D eigenvalue weighted by Gasteiger charge is -2.25. The van der Waals surface area contributed by atoms with Gasteiger partial charge in [-0.1, -0.05) is 66.7 Å². The smallest absolute Gasteiger partial charge is 0.236 e. The van der Waals surface area contributed by atoms with Gasteiger partial charge in [0, 0.05) is 23.2 Å². The highest BCUT2D eigenvalue weighted by Gasteiger charge is 2.18. The molecule has 0 spiro atoms. The number of benzene rings is 2. The number of amides is 1. The third kappa shape index (κ3) is 5.55. The largest absolute Gasteiger partial charge is 0.301 e. The summed E-state index contributed by atoms with van der Waals surface area (Å²) in [7, 11) is 0.